The van der Waals surface area contributed by atoms with Crippen LogP contribution in [-0.4, -0.2) is 49.6 Å². The molecule has 2 atom stereocenters. The summed E-state index contributed by atoms with van der Waals surface area (Å²) in [6.45, 7) is 4.64. The van der Waals surface area contributed by atoms with E-state index in [1.165, 1.54) is 7.05 Å². The fourth-order valence-electron chi connectivity index (χ4n) is 2.01. The van der Waals surface area contributed by atoms with Crippen molar-refractivity contribution < 1.29 is 9.59 Å². The largest absolute Gasteiger partial charge is 0.341 e. The lowest BCUT2D eigenvalue weighted by Gasteiger charge is -2.17. The third-order valence-corrected chi connectivity index (χ3v) is 3.19. The molecule has 0 spiro atoms. The summed E-state index contributed by atoms with van der Waals surface area (Å²) in [5, 5.41) is 4.59. The molecule has 0 aromatic heterocycles. The van der Waals surface area contributed by atoms with Gasteiger partial charge in [0.2, 0.25) is 5.91 Å². The smallest absolute Gasteiger partial charge is 0.321 e. The van der Waals surface area contributed by atoms with Crippen LogP contribution in [-0.2, 0) is 4.79 Å². The van der Waals surface area contributed by atoms with Gasteiger partial charge < -0.3 is 16.0 Å². The zero-order chi connectivity index (χ0) is 12.8. The zero-order valence-electron chi connectivity index (χ0n) is 10.9. The average Bonchev–Trinajstić information content (AvgIpc) is 2.75. The molecule has 1 rings (SSSR count). The first-order valence-electron chi connectivity index (χ1n) is 6.02. The SMILES string of the molecule is CNC(=O)NC(=O)CCN1CCC(C(C)N)C1.Cl. The summed E-state index contributed by atoms with van der Waals surface area (Å²) in [6, 6.07) is -0.246. The Morgan fingerprint density at radius 1 is 1.50 bits per heavy atom. The van der Waals surface area contributed by atoms with E-state index >= 15 is 0 Å². The number of nitrogens with zero attached hydrogens (tertiary/aromatic N) is 1. The molecule has 18 heavy (non-hydrogen) atoms. The molecule has 7 heteroatoms. The molecule has 106 valence electrons. The van der Waals surface area contributed by atoms with E-state index in [0.29, 0.717) is 18.9 Å². The Balaban J connectivity index is 0.00000289. The third-order valence-electron chi connectivity index (χ3n) is 3.19. The van der Waals surface area contributed by atoms with Gasteiger partial charge in [0, 0.05) is 32.6 Å². The number of carbonyl (C=O) groups excluding carboxylic acids is 2. The molecule has 0 bridgehead atoms. The van der Waals surface area contributed by atoms with Gasteiger partial charge in [0.15, 0.2) is 0 Å². The van der Waals surface area contributed by atoms with Crippen LogP contribution in [0.4, 0.5) is 4.79 Å². The first-order valence-corrected chi connectivity index (χ1v) is 6.02. The summed E-state index contributed by atoms with van der Waals surface area (Å²) in [6.07, 6.45) is 1.44. The number of urea groups is 1. The topological polar surface area (TPSA) is 87.5 Å². The van der Waals surface area contributed by atoms with Gasteiger partial charge in [-0.2, -0.15) is 0 Å². The third kappa shape index (κ3) is 5.66. The van der Waals surface area contributed by atoms with Crippen LogP contribution in [0.15, 0.2) is 0 Å². The van der Waals surface area contributed by atoms with Gasteiger partial charge >= 0.3 is 6.03 Å². The monoisotopic (exact) mass is 278 g/mol. The lowest BCUT2D eigenvalue weighted by atomic mass is 10.0. The van der Waals surface area contributed by atoms with Crippen LogP contribution in [0.2, 0.25) is 0 Å². The first-order chi connectivity index (χ1) is 8.02. The van der Waals surface area contributed by atoms with Crippen molar-refractivity contribution in [2.75, 3.05) is 26.7 Å². The Hall–Kier alpha value is -0.850. The number of hydrogen-bond acceptors (Lipinski definition) is 4. The van der Waals surface area contributed by atoms with Crippen molar-refractivity contribution in [3.8, 4) is 0 Å². The number of likely N-dealkylation sites (tertiary alicyclic amines) is 1. The van der Waals surface area contributed by atoms with E-state index < -0.39 is 6.03 Å². The van der Waals surface area contributed by atoms with E-state index in [-0.39, 0.29) is 24.4 Å². The lowest BCUT2D eigenvalue weighted by molar-refractivity contribution is -0.120. The summed E-state index contributed by atoms with van der Waals surface area (Å²) < 4.78 is 0. The zero-order valence-corrected chi connectivity index (χ0v) is 11.8. The second kappa shape index (κ2) is 8.29. The van der Waals surface area contributed by atoms with Crippen LogP contribution in [0.5, 0.6) is 0 Å². The van der Waals surface area contributed by atoms with Crippen molar-refractivity contribution in [1.82, 2.24) is 15.5 Å². The van der Waals surface area contributed by atoms with Crippen molar-refractivity contribution in [1.29, 1.82) is 0 Å². The van der Waals surface area contributed by atoms with Crippen LogP contribution in [0.25, 0.3) is 0 Å². The summed E-state index contributed by atoms with van der Waals surface area (Å²) in [7, 11) is 1.48. The first kappa shape index (κ1) is 17.2. The molecule has 0 aromatic carbocycles. The Labute approximate surface area is 114 Å². The number of rotatable bonds is 4. The molecule has 1 fully saturated rings. The molecular weight excluding hydrogens is 256 g/mol. The fourth-order valence-corrected chi connectivity index (χ4v) is 2.01. The molecule has 0 radical (unpaired) electrons. The molecule has 1 saturated heterocycles. The van der Waals surface area contributed by atoms with E-state index in [9.17, 15) is 9.59 Å². The lowest BCUT2D eigenvalue weighted by Crippen LogP contribution is -2.39. The van der Waals surface area contributed by atoms with E-state index in [1.54, 1.807) is 0 Å². The normalized spacial score (nSPS) is 20.9. The van der Waals surface area contributed by atoms with Crippen molar-refractivity contribution in [3.05, 3.63) is 0 Å². The standard InChI is InChI=1S/C11H22N4O2.ClH/c1-8(12)9-3-5-15(7-9)6-4-10(16)14-11(17)13-2;/h8-9H,3-7,12H2,1-2H3,(H2,13,14,16,17);1H. The van der Waals surface area contributed by atoms with Gasteiger partial charge in [0.05, 0.1) is 0 Å². The van der Waals surface area contributed by atoms with Crippen LogP contribution in [0.3, 0.4) is 0 Å². The Morgan fingerprint density at radius 3 is 2.67 bits per heavy atom. The van der Waals surface area contributed by atoms with E-state index in [2.05, 4.69) is 15.5 Å². The Morgan fingerprint density at radius 2 is 2.17 bits per heavy atom. The second-order valence-corrected chi connectivity index (χ2v) is 4.59. The van der Waals surface area contributed by atoms with E-state index in [0.717, 1.165) is 19.5 Å². The molecule has 6 nitrogen and oxygen atoms in total. The minimum Gasteiger partial charge on any atom is -0.341 e. The summed E-state index contributed by atoms with van der Waals surface area (Å²) in [4.78, 5) is 24.5. The summed E-state index contributed by atoms with van der Waals surface area (Å²) in [5.41, 5.74) is 5.84. The van der Waals surface area contributed by atoms with Gasteiger partial charge in [-0.1, -0.05) is 0 Å². The van der Waals surface area contributed by atoms with Crippen LogP contribution < -0.4 is 16.4 Å². The number of halogens is 1. The van der Waals surface area contributed by atoms with E-state index in [1.807, 2.05) is 6.92 Å². The molecular formula is C11H23ClN4O2. The number of amides is 3. The Kier molecular flexibility index (Phi) is 7.90. The van der Waals surface area contributed by atoms with Crippen molar-refractivity contribution in [2.24, 2.45) is 11.7 Å². The van der Waals surface area contributed by atoms with Crippen molar-refractivity contribution >= 4 is 24.3 Å². The summed E-state index contributed by atoms with van der Waals surface area (Å²) >= 11 is 0. The highest BCUT2D eigenvalue weighted by Gasteiger charge is 2.25. The number of nitrogens with two attached hydrogens (primary N) is 1. The fraction of sp³-hybridized carbons (Fsp3) is 0.818. The van der Waals surface area contributed by atoms with Gasteiger partial charge in [0.1, 0.15) is 0 Å². The average molecular weight is 279 g/mol. The van der Waals surface area contributed by atoms with Gasteiger partial charge in [-0.15, -0.1) is 12.4 Å². The van der Waals surface area contributed by atoms with Crippen LogP contribution >= 0.6 is 12.4 Å². The van der Waals surface area contributed by atoms with Crippen molar-refractivity contribution in [2.45, 2.75) is 25.8 Å². The Bertz CT molecular complexity index is 286. The molecule has 2 unspecified atom stereocenters. The highest BCUT2D eigenvalue weighted by atomic mass is 35.5. The van der Waals surface area contributed by atoms with Crippen LogP contribution in [0, 0.1) is 5.92 Å². The molecule has 1 heterocycles. The maximum Gasteiger partial charge on any atom is 0.321 e. The molecule has 0 aliphatic carbocycles. The van der Waals surface area contributed by atoms with E-state index in [4.69, 9.17) is 5.73 Å². The number of nitrogens with one attached hydrogen (secondary N) is 2. The second-order valence-electron chi connectivity index (χ2n) is 4.59. The van der Waals surface area contributed by atoms with Gasteiger partial charge in [-0.05, 0) is 25.8 Å². The quantitative estimate of drug-likeness (QED) is 0.671. The van der Waals surface area contributed by atoms with Gasteiger partial charge in [0.25, 0.3) is 0 Å². The number of hydrogen-bond donors (Lipinski definition) is 3. The minimum absolute atomic E-state index is 0. The molecule has 1 aliphatic heterocycles. The minimum atomic E-state index is -0.454. The number of imide groups is 1. The van der Waals surface area contributed by atoms with Crippen LogP contribution in [0.1, 0.15) is 19.8 Å². The molecule has 0 saturated carbocycles. The van der Waals surface area contributed by atoms with Gasteiger partial charge in [-0.3, -0.25) is 10.1 Å². The molecule has 3 amide bonds. The predicted molar refractivity (Wildman–Crippen MR) is 72.7 cm³/mol. The highest BCUT2D eigenvalue weighted by molar-refractivity contribution is 5.94. The highest BCUT2D eigenvalue weighted by Crippen LogP contribution is 2.18. The maximum absolute atomic E-state index is 11.4. The predicted octanol–water partition coefficient (Wildman–Crippen LogP) is -0.0770. The van der Waals surface area contributed by atoms with Gasteiger partial charge in [-0.25, -0.2) is 4.79 Å². The molecule has 0 aromatic rings. The van der Waals surface area contributed by atoms with Crippen molar-refractivity contribution in [3.63, 3.8) is 0 Å². The molecule has 1 aliphatic rings. The number of carbonyl (C=O) groups is 2. The molecule has 4 N–H and O–H groups in total. The summed E-state index contributed by atoms with van der Waals surface area (Å²) in [5.74, 6) is 0.283. The maximum atomic E-state index is 11.4.